The highest BCUT2D eigenvalue weighted by atomic mass is 127. The molecule has 0 atom stereocenters. The van der Waals surface area contributed by atoms with Crippen LogP contribution < -0.4 is 15.5 Å². The van der Waals surface area contributed by atoms with Crippen molar-refractivity contribution in [3.05, 3.63) is 40.0 Å². The van der Waals surface area contributed by atoms with E-state index in [4.69, 9.17) is 4.99 Å². The highest BCUT2D eigenvalue weighted by molar-refractivity contribution is 14.0. The molecular weight excluding hydrogens is 483 g/mol. The lowest BCUT2D eigenvalue weighted by Gasteiger charge is -2.33. The minimum absolute atomic E-state index is 0. The second kappa shape index (κ2) is 11.5. The molecule has 0 aromatic carbocycles. The molecule has 2 aromatic heterocycles. The van der Waals surface area contributed by atoms with Crippen LogP contribution in [0.4, 0.5) is 5.82 Å². The maximum atomic E-state index is 4.78. The number of thiazole rings is 1. The number of nitrogens with one attached hydrogen (secondary N) is 2. The van der Waals surface area contributed by atoms with Gasteiger partial charge in [-0.1, -0.05) is 6.07 Å². The highest BCUT2D eigenvalue weighted by Crippen LogP contribution is 2.18. The van der Waals surface area contributed by atoms with Crippen molar-refractivity contribution in [3.8, 4) is 0 Å². The smallest absolute Gasteiger partial charge is 0.191 e. The van der Waals surface area contributed by atoms with Gasteiger partial charge in [-0.15, -0.1) is 35.3 Å². The van der Waals surface area contributed by atoms with Crippen LogP contribution in [-0.2, 0) is 6.42 Å². The molecular formula is C20H31IN6S. The van der Waals surface area contributed by atoms with Gasteiger partial charge in [-0.2, -0.15) is 0 Å². The number of hydrogen-bond acceptors (Lipinski definition) is 5. The Morgan fingerprint density at radius 2 is 2.07 bits per heavy atom. The van der Waals surface area contributed by atoms with E-state index in [1.54, 1.807) is 11.3 Å². The van der Waals surface area contributed by atoms with Gasteiger partial charge in [0.15, 0.2) is 5.96 Å². The molecule has 2 aromatic rings. The molecule has 0 bridgehead atoms. The summed E-state index contributed by atoms with van der Waals surface area (Å²) in [5.74, 6) is 2.00. The van der Waals surface area contributed by atoms with Gasteiger partial charge in [-0.25, -0.2) is 9.97 Å². The van der Waals surface area contributed by atoms with Crippen LogP contribution in [-0.4, -0.2) is 48.1 Å². The molecule has 1 fully saturated rings. The summed E-state index contributed by atoms with van der Waals surface area (Å²) in [5, 5.41) is 8.13. The van der Waals surface area contributed by atoms with E-state index in [0.717, 1.165) is 67.9 Å². The number of aryl methyl sites for hydroxylation is 2. The van der Waals surface area contributed by atoms with Crippen LogP contribution in [0.2, 0.25) is 0 Å². The lowest BCUT2D eigenvalue weighted by atomic mass is 10.1. The summed E-state index contributed by atoms with van der Waals surface area (Å²) in [5.41, 5.74) is 1.15. The summed E-state index contributed by atoms with van der Waals surface area (Å²) in [6.07, 6.45) is 5.00. The summed E-state index contributed by atoms with van der Waals surface area (Å²) >= 11 is 1.78. The van der Waals surface area contributed by atoms with Gasteiger partial charge in [-0.05, 0) is 45.7 Å². The van der Waals surface area contributed by atoms with Crippen LogP contribution in [0.25, 0.3) is 0 Å². The van der Waals surface area contributed by atoms with Gasteiger partial charge < -0.3 is 15.5 Å². The van der Waals surface area contributed by atoms with Crippen LogP contribution in [0, 0.1) is 13.8 Å². The SMILES string of the molecule is CCNC(=NCCc1sc(C)nc1C)NC1CCN(c2ccccn2)CC1.I. The van der Waals surface area contributed by atoms with Crippen LogP contribution in [0.5, 0.6) is 0 Å². The van der Waals surface area contributed by atoms with E-state index < -0.39 is 0 Å². The summed E-state index contributed by atoms with van der Waals surface area (Å²) in [7, 11) is 0. The first-order valence-electron chi connectivity index (χ1n) is 9.79. The number of piperidine rings is 1. The quantitative estimate of drug-likeness (QED) is 0.351. The summed E-state index contributed by atoms with van der Waals surface area (Å²) in [4.78, 5) is 17.4. The molecule has 3 heterocycles. The average molecular weight is 514 g/mol. The first-order chi connectivity index (χ1) is 13.2. The van der Waals surface area contributed by atoms with Gasteiger partial charge in [0.25, 0.3) is 0 Å². The number of rotatable bonds is 6. The predicted molar refractivity (Wildman–Crippen MR) is 129 cm³/mol. The second-order valence-corrected chi connectivity index (χ2v) is 8.13. The van der Waals surface area contributed by atoms with E-state index in [9.17, 15) is 0 Å². The molecule has 1 aliphatic heterocycles. The third-order valence-electron chi connectivity index (χ3n) is 4.76. The largest absolute Gasteiger partial charge is 0.357 e. The zero-order valence-corrected chi connectivity index (χ0v) is 20.1. The zero-order valence-electron chi connectivity index (χ0n) is 16.9. The van der Waals surface area contributed by atoms with Gasteiger partial charge in [0, 0.05) is 49.7 Å². The van der Waals surface area contributed by atoms with E-state index in [0.29, 0.717) is 6.04 Å². The first kappa shape index (κ1) is 22.9. The maximum absolute atomic E-state index is 4.78. The molecule has 0 aliphatic carbocycles. The van der Waals surface area contributed by atoms with Crippen molar-refractivity contribution in [2.45, 2.75) is 46.1 Å². The van der Waals surface area contributed by atoms with Gasteiger partial charge in [0.05, 0.1) is 10.7 Å². The number of guanidine groups is 1. The number of anilines is 1. The Hall–Kier alpha value is -1.42. The van der Waals surface area contributed by atoms with Gasteiger partial charge in [0.2, 0.25) is 0 Å². The van der Waals surface area contributed by atoms with Crippen LogP contribution >= 0.6 is 35.3 Å². The molecule has 6 nitrogen and oxygen atoms in total. The third-order valence-corrected chi connectivity index (χ3v) is 5.89. The number of aromatic nitrogens is 2. The molecule has 1 saturated heterocycles. The molecule has 2 N–H and O–H groups in total. The Kier molecular flexibility index (Phi) is 9.43. The van der Waals surface area contributed by atoms with Crippen LogP contribution in [0.3, 0.4) is 0 Å². The number of aliphatic imine (C=N–C) groups is 1. The van der Waals surface area contributed by atoms with Crippen LogP contribution in [0.15, 0.2) is 29.4 Å². The topological polar surface area (TPSA) is 65.4 Å². The Morgan fingerprint density at radius 3 is 2.68 bits per heavy atom. The molecule has 0 radical (unpaired) electrons. The molecule has 154 valence electrons. The van der Waals surface area contributed by atoms with Crippen molar-refractivity contribution < 1.29 is 0 Å². The Balaban J connectivity index is 0.00000280. The van der Waals surface area contributed by atoms with E-state index in [1.165, 1.54) is 4.88 Å². The normalized spacial score (nSPS) is 15.2. The van der Waals surface area contributed by atoms with Gasteiger partial charge in [-0.3, -0.25) is 4.99 Å². The molecule has 0 amide bonds. The van der Waals surface area contributed by atoms with Crippen molar-refractivity contribution >= 4 is 47.1 Å². The minimum atomic E-state index is 0. The number of pyridine rings is 1. The third kappa shape index (κ3) is 6.58. The van der Waals surface area contributed by atoms with Gasteiger partial charge in [0.1, 0.15) is 5.82 Å². The lowest BCUT2D eigenvalue weighted by Crippen LogP contribution is -2.49. The molecule has 8 heteroatoms. The Morgan fingerprint density at radius 1 is 1.29 bits per heavy atom. The van der Waals surface area contributed by atoms with Crippen LogP contribution in [0.1, 0.15) is 35.3 Å². The van der Waals surface area contributed by atoms with E-state index in [-0.39, 0.29) is 24.0 Å². The minimum Gasteiger partial charge on any atom is -0.357 e. The molecule has 0 unspecified atom stereocenters. The highest BCUT2D eigenvalue weighted by Gasteiger charge is 2.20. The predicted octanol–water partition coefficient (Wildman–Crippen LogP) is 3.54. The fraction of sp³-hybridized carbons (Fsp3) is 0.550. The first-order valence-corrected chi connectivity index (χ1v) is 10.6. The number of nitrogens with zero attached hydrogens (tertiary/aromatic N) is 4. The lowest BCUT2D eigenvalue weighted by molar-refractivity contribution is 0.459. The summed E-state index contributed by atoms with van der Waals surface area (Å²) in [6, 6.07) is 6.55. The summed E-state index contributed by atoms with van der Waals surface area (Å²) < 4.78 is 0. The van der Waals surface area contributed by atoms with E-state index in [2.05, 4.69) is 58.4 Å². The zero-order chi connectivity index (χ0) is 19.1. The second-order valence-electron chi connectivity index (χ2n) is 6.85. The fourth-order valence-electron chi connectivity index (χ4n) is 3.38. The van der Waals surface area contributed by atoms with Gasteiger partial charge >= 0.3 is 0 Å². The number of hydrogen-bond donors (Lipinski definition) is 2. The molecule has 1 aliphatic rings. The van der Waals surface area contributed by atoms with E-state index in [1.807, 2.05) is 12.3 Å². The number of halogens is 1. The summed E-state index contributed by atoms with van der Waals surface area (Å²) in [6.45, 7) is 9.95. The average Bonchev–Trinajstić information content (AvgIpc) is 3.00. The molecule has 28 heavy (non-hydrogen) atoms. The van der Waals surface area contributed by atoms with Crippen molar-refractivity contribution in [2.75, 3.05) is 31.1 Å². The molecule has 0 spiro atoms. The Bertz CT molecular complexity index is 740. The van der Waals surface area contributed by atoms with Crippen molar-refractivity contribution in [3.63, 3.8) is 0 Å². The monoisotopic (exact) mass is 514 g/mol. The maximum Gasteiger partial charge on any atom is 0.191 e. The van der Waals surface area contributed by atoms with Crippen molar-refractivity contribution in [1.29, 1.82) is 0 Å². The molecule has 0 saturated carbocycles. The van der Waals surface area contributed by atoms with Crippen molar-refractivity contribution in [1.82, 2.24) is 20.6 Å². The standard InChI is InChI=1S/C20H30N6S.HI/c1-4-21-20(23-12-8-18-15(2)24-16(3)27-18)25-17-9-13-26(14-10-17)19-7-5-6-11-22-19;/h5-7,11,17H,4,8-10,12-14H2,1-3H3,(H2,21,23,25);1H. The van der Waals surface area contributed by atoms with E-state index >= 15 is 0 Å². The van der Waals surface area contributed by atoms with Crippen molar-refractivity contribution in [2.24, 2.45) is 4.99 Å². The fourth-order valence-corrected chi connectivity index (χ4v) is 4.31. The molecule has 3 rings (SSSR count). The Labute approximate surface area is 189 Å².